The molecule has 0 spiro atoms. The first-order valence-corrected chi connectivity index (χ1v) is 12.0. The van der Waals surface area contributed by atoms with Gasteiger partial charge in [-0.25, -0.2) is 4.98 Å². The Morgan fingerprint density at radius 1 is 1.20 bits per heavy atom. The summed E-state index contributed by atoms with van der Waals surface area (Å²) in [6.07, 6.45) is 8.25. The van der Waals surface area contributed by atoms with Crippen LogP contribution in [0.25, 0.3) is 0 Å². The van der Waals surface area contributed by atoms with E-state index in [9.17, 15) is 4.79 Å². The molecule has 0 unspecified atom stereocenters. The van der Waals surface area contributed by atoms with Crippen molar-refractivity contribution >= 4 is 17.7 Å². The fourth-order valence-corrected chi connectivity index (χ4v) is 6.89. The number of para-hydroxylation sites is 1. The van der Waals surface area contributed by atoms with E-state index in [-0.39, 0.29) is 5.91 Å². The minimum Gasteiger partial charge on any atom is -0.485 e. The third-order valence-electron chi connectivity index (χ3n) is 7.13. The highest BCUT2D eigenvalue weighted by Gasteiger charge is 2.50. The Morgan fingerprint density at radius 2 is 1.90 bits per heavy atom. The summed E-state index contributed by atoms with van der Waals surface area (Å²) in [5.74, 6) is 4.67. The number of aromatic nitrogens is 3. The molecule has 2 N–H and O–H groups in total. The normalized spacial score (nSPS) is 29.2. The topological polar surface area (TPSA) is 79.9 Å². The Hall–Kier alpha value is -2.02. The fourth-order valence-electron chi connectivity index (χ4n) is 6.25. The van der Waals surface area contributed by atoms with Crippen LogP contribution >= 0.6 is 11.8 Å². The molecule has 30 heavy (non-hydrogen) atoms. The summed E-state index contributed by atoms with van der Waals surface area (Å²) in [5, 5.41) is 10.9. The van der Waals surface area contributed by atoms with Crippen molar-refractivity contribution in [1.29, 1.82) is 0 Å². The van der Waals surface area contributed by atoms with E-state index < -0.39 is 0 Å². The van der Waals surface area contributed by atoms with Crippen molar-refractivity contribution in [2.75, 3.05) is 12.3 Å². The van der Waals surface area contributed by atoms with E-state index in [1.807, 2.05) is 31.2 Å². The first-order chi connectivity index (χ1) is 14.6. The van der Waals surface area contributed by atoms with Crippen LogP contribution in [0.3, 0.4) is 0 Å². The molecule has 1 aromatic heterocycles. The number of rotatable bonds is 8. The van der Waals surface area contributed by atoms with Crippen LogP contribution in [0.5, 0.6) is 5.75 Å². The standard InChI is InChI=1S/C23H30N4O2S/c1-15-4-2-3-5-19(15)29-12-20-25-22(27-26-20)30-13-21(28)24-14-23-9-16-6-17(10-23)8-18(7-16)11-23/h2-5,16-18H,6-14H2,1H3,(H,24,28)(H,25,26,27). The van der Waals surface area contributed by atoms with Crippen LogP contribution in [0.2, 0.25) is 0 Å². The molecule has 4 saturated carbocycles. The van der Waals surface area contributed by atoms with E-state index in [0.29, 0.717) is 28.8 Å². The Morgan fingerprint density at radius 3 is 2.60 bits per heavy atom. The number of nitrogens with zero attached hydrogens (tertiary/aromatic N) is 2. The van der Waals surface area contributed by atoms with Crippen molar-refractivity contribution < 1.29 is 9.53 Å². The third-order valence-corrected chi connectivity index (χ3v) is 7.97. The molecule has 6 rings (SSSR count). The summed E-state index contributed by atoms with van der Waals surface area (Å²) in [7, 11) is 0. The van der Waals surface area contributed by atoms with Crippen molar-refractivity contribution in [3.8, 4) is 5.75 Å². The van der Waals surface area contributed by atoms with Crippen molar-refractivity contribution in [2.24, 2.45) is 23.2 Å². The lowest BCUT2D eigenvalue weighted by molar-refractivity contribution is -0.120. The second kappa shape index (κ2) is 8.25. The van der Waals surface area contributed by atoms with Gasteiger partial charge in [0, 0.05) is 6.54 Å². The summed E-state index contributed by atoms with van der Waals surface area (Å²) in [6.45, 7) is 3.19. The highest BCUT2D eigenvalue weighted by atomic mass is 32.2. The predicted octanol–water partition coefficient (Wildman–Crippen LogP) is 4.12. The van der Waals surface area contributed by atoms with E-state index in [0.717, 1.165) is 35.6 Å². The molecule has 4 aliphatic carbocycles. The number of ether oxygens (including phenoxy) is 1. The van der Waals surface area contributed by atoms with Gasteiger partial charge in [0.25, 0.3) is 0 Å². The zero-order valence-electron chi connectivity index (χ0n) is 17.5. The quantitative estimate of drug-likeness (QED) is 0.621. The number of hydrogen-bond acceptors (Lipinski definition) is 5. The van der Waals surface area contributed by atoms with Gasteiger partial charge in [0.15, 0.2) is 5.82 Å². The molecule has 1 heterocycles. The molecule has 7 heteroatoms. The lowest BCUT2D eigenvalue weighted by Gasteiger charge is -2.56. The summed E-state index contributed by atoms with van der Waals surface area (Å²) in [5.41, 5.74) is 1.46. The molecule has 1 aromatic carbocycles. The highest BCUT2D eigenvalue weighted by molar-refractivity contribution is 7.99. The molecule has 0 atom stereocenters. The van der Waals surface area contributed by atoms with Gasteiger partial charge in [-0.05, 0) is 80.2 Å². The number of thioether (sulfide) groups is 1. The second-order valence-corrected chi connectivity index (χ2v) is 10.5. The minimum absolute atomic E-state index is 0.0817. The Bertz CT molecular complexity index is 877. The average molecular weight is 427 g/mol. The van der Waals surface area contributed by atoms with E-state index in [1.165, 1.54) is 50.3 Å². The Balaban J connectivity index is 1.07. The molecule has 1 amide bonds. The monoisotopic (exact) mass is 426 g/mol. The van der Waals surface area contributed by atoms with Crippen LogP contribution in [-0.4, -0.2) is 33.4 Å². The molecule has 160 valence electrons. The summed E-state index contributed by atoms with van der Waals surface area (Å²) < 4.78 is 5.79. The van der Waals surface area contributed by atoms with Gasteiger partial charge in [-0.15, -0.1) is 5.10 Å². The average Bonchev–Trinajstić information content (AvgIpc) is 3.17. The van der Waals surface area contributed by atoms with E-state index >= 15 is 0 Å². The molecule has 4 aliphatic rings. The van der Waals surface area contributed by atoms with Crippen LogP contribution in [0.4, 0.5) is 0 Å². The molecular formula is C23H30N4O2S. The largest absolute Gasteiger partial charge is 0.485 e. The first kappa shape index (κ1) is 19.9. The van der Waals surface area contributed by atoms with Gasteiger partial charge in [-0.2, -0.15) is 0 Å². The second-order valence-electron chi connectivity index (χ2n) is 9.60. The molecule has 0 radical (unpaired) electrons. The number of nitrogens with one attached hydrogen (secondary N) is 2. The minimum atomic E-state index is 0.0817. The molecule has 0 aliphatic heterocycles. The zero-order valence-corrected chi connectivity index (χ0v) is 18.3. The van der Waals surface area contributed by atoms with Crippen LogP contribution in [0.15, 0.2) is 29.4 Å². The number of aromatic amines is 1. The van der Waals surface area contributed by atoms with Gasteiger partial charge < -0.3 is 10.1 Å². The van der Waals surface area contributed by atoms with Gasteiger partial charge in [0.2, 0.25) is 11.1 Å². The van der Waals surface area contributed by atoms with E-state index in [2.05, 4.69) is 20.5 Å². The van der Waals surface area contributed by atoms with Gasteiger partial charge >= 0.3 is 0 Å². The van der Waals surface area contributed by atoms with Gasteiger partial charge in [-0.1, -0.05) is 30.0 Å². The molecule has 2 aromatic rings. The van der Waals surface area contributed by atoms with Crippen LogP contribution in [0.1, 0.15) is 49.9 Å². The maximum atomic E-state index is 12.4. The van der Waals surface area contributed by atoms with Crippen molar-refractivity contribution in [2.45, 2.75) is 57.2 Å². The van der Waals surface area contributed by atoms with Crippen molar-refractivity contribution in [1.82, 2.24) is 20.5 Å². The zero-order chi connectivity index (χ0) is 20.6. The van der Waals surface area contributed by atoms with Gasteiger partial charge in [-0.3, -0.25) is 9.89 Å². The fraction of sp³-hybridized carbons (Fsp3) is 0.609. The van der Waals surface area contributed by atoms with Gasteiger partial charge in [0.05, 0.1) is 5.75 Å². The SMILES string of the molecule is Cc1ccccc1OCc1nc(SCC(=O)NCC23CC4CC(CC(C4)C2)C3)n[nH]1. The van der Waals surface area contributed by atoms with Gasteiger partial charge in [0.1, 0.15) is 12.4 Å². The summed E-state index contributed by atoms with van der Waals surface area (Å²) >= 11 is 1.37. The number of amides is 1. The summed E-state index contributed by atoms with van der Waals surface area (Å²) in [6, 6.07) is 7.89. The Labute approximate surface area is 182 Å². The molecular weight excluding hydrogens is 396 g/mol. The van der Waals surface area contributed by atoms with Crippen molar-refractivity contribution in [3.63, 3.8) is 0 Å². The number of carbonyl (C=O) groups is 1. The van der Waals surface area contributed by atoms with Crippen LogP contribution < -0.4 is 10.1 Å². The van der Waals surface area contributed by atoms with E-state index in [4.69, 9.17) is 4.74 Å². The molecule has 4 bridgehead atoms. The predicted molar refractivity (Wildman–Crippen MR) is 116 cm³/mol. The third kappa shape index (κ3) is 4.36. The smallest absolute Gasteiger partial charge is 0.230 e. The number of aryl methyl sites for hydroxylation is 1. The number of carbonyl (C=O) groups excluding carboxylic acids is 1. The van der Waals surface area contributed by atoms with E-state index in [1.54, 1.807) is 0 Å². The van der Waals surface area contributed by atoms with Crippen LogP contribution in [-0.2, 0) is 11.4 Å². The number of benzene rings is 1. The van der Waals surface area contributed by atoms with Crippen molar-refractivity contribution in [3.05, 3.63) is 35.7 Å². The number of H-pyrrole nitrogens is 1. The maximum Gasteiger partial charge on any atom is 0.230 e. The number of hydrogen-bond donors (Lipinski definition) is 2. The molecule has 4 fully saturated rings. The lowest BCUT2D eigenvalue weighted by atomic mass is 9.49. The maximum absolute atomic E-state index is 12.4. The lowest BCUT2D eigenvalue weighted by Crippen LogP contribution is -2.51. The first-order valence-electron chi connectivity index (χ1n) is 11.1. The summed E-state index contributed by atoms with van der Waals surface area (Å²) in [4.78, 5) is 16.9. The molecule has 6 nitrogen and oxygen atoms in total. The highest BCUT2D eigenvalue weighted by Crippen LogP contribution is 2.59. The Kier molecular flexibility index (Phi) is 5.48. The van der Waals surface area contributed by atoms with Crippen LogP contribution in [0, 0.1) is 30.1 Å². The molecule has 0 saturated heterocycles.